The van der Waals surface area contributed by atoms with Gasteiger partial charge in [0.1, 0.15) is 0 Å². The van der Waals surface area contributed by atoms with E-state index in [2.05, 4.69) is 4.98 Å². The van der Waals surface area contributed by atoms with Crippen LogP contribution in [0.2, 0.25) is 0 Å². The number of aromatic nitrogens is 1. The molecule has 1 heterocycles. The molecule has 0 bridgehead atoms. The number of carbonyl (C=O) groups is 1. The third kappa shape index (κ3) is 3.01. The molecule has 4 N–H and O–H groups in total. The molecule has 0 atom stereocenters. The van der Waals surface area contributed by atoms with E-state index in [9.17, 15) is 4.79 Å². The van der Waals surface area contributed by atoms with Crippen molar-refractivity contribution in [2.75, 3.05) is 5.73 Å². The second-order valence-corrected chi connectivity index (χ2v) is 4.74. The van der Waals surface area contributed by atoms with Crippen molar-refractivity contribution < 1.29 is 4.79 Å². The Labute approximate surface area is 109 Å². The monoisotopic (exact) mass is 259 g/mol. The van der Waals surface area contributed by atoms with E-state index < -0.39 is 5.91 Å². The van der Waals surface area contributed by atoms with Crippen LogP contribution in [0.15, 0.2) is 47.6 Å². The van der Waals surface area contributed by atoms with E-state index in [1.54, 1.807) is 24.4 Å². The minimum Gasteiger partial charge on any atom is -0.397 e. The van der Waals surface area contributed by atoms with Crippen molar-refractivity contribution in [2.45, 2.75) is 10.8 Å². The normalized spacial score (nSPS) is 10.2. The number of hydrogen-bond acceptors (Lipinski definition) is 4. The van der Waals surface area contributed by atoms with Crippen LogP contribution >= 0.6 is 11.8 Å². The Bertz CT molecular complexity index is 554. The van der Waals surface area contributed by atoms with E-state index in [0.29, 0.717) is 17.0 Å². The molecule has 1 amide bonds. The first kappa shape index (κ1) is 12.4. The third-order valence-electron chi connectivity index (χ3n) is 2.42. The van der Waals surface area contributed by atoms with Crippen molar-refractivity contribution in [3.05, 3.63) is 53.7 Å². The number of pyridine rings is 1. The largest absolute Gasteiger partial charge is 0.397 e. The van der Waals surface area contributed by atoms with Gasteiger partial charge in [0, 0.05) is 11.3 Å². The van der Waals surface area contributed by atoms with Crippen LogP contribution in [-0.4, -0.2) is 10.9 Å². The number of anilines is 1. The Morgan fingerprint density at radius 2 is 2.00 bits per heavy atom. The summed E-state index contributed by atoms with van der Waals surface area (Å²) in [4.78, 5) is 15.4. The van der Waals surface area contributed by atoms with Crippen LogP contribution in [0, 0.1) is 0 Å². The smallest absolute Gasteiger partial charge is 0.249 e. The maximum Gasteiger partial charge on any atom is 0.249 e. The zero-order valence-electron chi connectivity index (χ0n) is 9.67. The number of amides is 1. The predicted molar refractivity (Wildman–Crippen MR) is 73.2 cm³/mol. The third-order valence-corrected chi connectivity index (χ3v) is 3.41. The average molecular weight is 259 g/mol. The van der Waals surface area contributed by atoms with Gasteiger partial charge in [-0.05, 0) is 23.8 Å². The summed E-state index contributed by atoms with van der Waals surface area (Å²) in [5.41, 5.74) is 13.0. The van der Waals surface area contributed by atoms with Gasteiger partial charge in [0.05, 0.1) is 16.9 Å². The van der Waals surface area contributed by atoms with Gasteiger partial charge in [-0.1, -0.05) is 18.2 Å². The highest BCUT2D eigenvalue weighted by Crippen LogP contribution is 2.23. The Morgan fingerprint density at radius 1 is 1.22 bits per heavy atom. The molecular weight excluding hydrogens is 246 g/mol. The molecule has 0 fully saturated rings. The topological polar surface area (TPSA) is 82.0 Å². The number of rotatable bonds is 4. The predicted octanol–water partition coefficient (Wildman–Crippen LogP) is 2.06. The highest BCUT2D eigenvalue weighted by Gasteiger charge is 2.07. The molecule has 0 aliphatic rings. The standard InChI is InChI=1S/C13H13N3OS/c14-10-5-6-12(16-7-10)18-8-9-3-1-2-4-11(9)13(15)17/h1-7H,8,14H2,(H2,15,17). The highest BCUT2D eigenvalue weighted by molar-refractivity contribution is 7.98. The van der Waals surface area contributed by atoms with Crippen LogP contribution in [0.1, 0.15) is 15.9 Å². The van der Waals surface area contributed by atoms with Crippen molar-refractivity contribution in [3.8, 4) is 0 Å². The molecule has 4 nitrogen and oxygen atoms in total. The second kappa shape index (κ2) is 5.55. The fraction of sp³-hybridized carbons (Fsp3) is 0.0769. The average Bonchev–Trinajstić information content (AvgIpc) is 2.38. The Balaban J connectivity index is 2.10. The summed E-state index contributed by atoms with van der Waals surface area (Å²) in [6.07, 6.45) is 1.61. The van der Waals surface area contributed by atoms with E-state index >= 15 is 0 Å². The molecule has 0 unspecified atom stereocenters. The van der Waals surface area contributed by atoms with Gasteiger partial charge in [0.15, 0.2) is 0 Å². The summed E-state index contributed by atoms with van der Waals surface area (Å²) >= 11 is 1.54. The molecule has 2 aromatic rings. The number of nitrogens with two attached hydrogens (primary N) is 2. The zero-order chi connectivity index (χ0) is 13.0. The molecular formula is C13H13N3OS. The first-order valence-corrected chi connectivity index (χ1v) is 6.37. The quantitative estimate of drug-likeness (QED) is 0.823. The van der Waals surface area contributed by atoms with Gasteiger partial charge < -0.3 is 11.5 Å². The van der Waals surface area contributed by atoms with Crippen molar-refractivity contribution in [1.82, 2.24) is 4.98 Å². The van der Waals surface area contributed by atoms with E-state index in [1.165, 1.54) is 11.8 Å². The molecule has 0 saturated carbocycles. The Hall–Kier alpha value is -2.01. The maximum atomic E-state index is 11.3. The summed E-state index contributed by atoms with van der Waals surface area (Å²) in [5, 5.41) is 0.864. The fourth-order valence-electron chi connectivity index (χ4n) is 1.52. The first-order valence-electron chi connectivity index (χ1n) is 5.39. The fourth-order valence-corrected chi connectivity index (χ4v) is 2.36. The molecule has 0 aliphatic heterocycles. The van der Waals surface area contributed by atoms with Crippen molar-refractivity contribution in [3.63, 3.8) is 0 Å². The Kier molecular flexibility index (Phi) is 3.84. The first-order chi connectivity index (χ1) is 8.66. The van der Waals surface area contributed by atoms with Gasteiger partial charge in [-0.25, -0.2) is 4.98 Å². The highest BCUT2D eigenvalue weighted by atomic mass is 32.2. The van der Waals surface area contributed by atoms with E-state index in [-0.39, 0.29) is 0 Å². The Morgan fingerprint density at radius 3 is 2.67 bits per heavy atom. The van der Waals surface area contributed by atoms with Crippen molar-refractivity contribution in [1.29, 1.82) is 0 Å². The van der Waals surface area contributed by atoms with Gasteiger partial charge in [-0.2, -0.15) is 0 Å². The molecule has 0 saturated heterocycles. The molecule has 0 aliphatic carbocycles. The van der Waals surface area contributed by atoms with Crippen molar-refractivity contribution >= 4 is 23.4 Å². The van der Waals surface area contributed by atoms with E-state index in [1.807, 2.05) is 18.2 Å². The van der Waals surface area contributed by atoms with E-state index in [4.69, 9.17) is 11.5 Å². The van der Waals surface area contributed by atoms with Crippen LogP contribution in [0.3, 0.4) is 0 Å². The van der Waals surface area contributed by atoms with Gasteiger partial charge in [-0.3, -0.25) is 4.79 Å². The maximum absolute atomic E-state index is 11.3. The SMILES string of the molecule is NC(=O)c1ccccc1CSc1ccc(N)cn1. The number of nitrogens with zero attached hydrogens (tertiary/aromatic N) is 1. The second-order valence-electron chi connectivity index (χ2n) is 3.74. The molecule has 2 rings (SSSR count). The van der Waals surface area contributed by atoms with Crippen LogP contribution in [0.5, 0.6) is 0 Å². The molecule has 1 aromatic heterocycles. The van der Waals surface area contributed by atoms with Crippen LogP contribution in [0.25, 0.3) is 0 Å². The van der Waals surface area contributed by atoms with Crippen LogP contribution < -0.4 is 11.5 Å². The van der Waals surface area contributed by atoms with Gasteiger partial charge in [-0.15, -0.1) is 11.8 Å². The van der Waals surface area contributed by atoms with Crippen molar-refractivity contribution in [2.24, 2.45) is 5.73 Å². The number of benzene rings is 1. The zero-order valence-corrected chi connectivity index (χ0v) is 10.5. The lowest BCUT2D eigenvalue weighted by atomic mass is 10.1. The van der Waals surface area contributed by atoms with Gasteiger partial charge in [0.25, 0.3) is 0 Å². The lowest BCUT2D eigenvalue weighted by Crippen LogP contribution is -2.13. The lowest BCUT2D eigenvalue weighted by Gasteiger charge is -2.05. The number of carbonyl (C=O) groups excluding carboxylic acids is 1. The molecule has 92 valence electrons. The number of thioether (sulfide) groups is 1. The minimum absolute atomic E-state index is 0.406. The number of hydrogen-bond donors (Lipinski definition) is 2. The summed E-state index contributed by atoms with van der Waals surface area (Å²) in [6.45, 7) is 0. The summed E-state index contributed by atoms with van der Waals surface area (Å²) in [5.74, 6) is 0.243. The molecule has 5 heteroatoms. The summed E-state index contributed by atoms with van der Waals surface area (Å²) < 4.78 is 0. The van der Waals surface area contributed by atoms with E-state index in [0.717, 1.165) is 10.6 Å². The summed E-state index contributed by atoms with van der Waals surface area (Å²) in [7, 11) is 0. The molecule has 18 heavy (non-hydrogen) atoms. The number of primary amides is 1. The van der Waals surface area contributed by atoms with Gasteiger partial charge in [0.2, 0.25) is 5.91 Å². The molecule has 1 aromatic carbocycles. The van der Waals surface area contributed by atoms with Crippen LogP contribution in [-0.2, 0) is 5.75 Å². The number of nitrogen functional groups attached to an aromatic ring is 1. The summed E-state index contributed by atoms with van der Waals surface area (Å²) in [6, 6.07) is 11.0. The lowest BCUT2D eigenvalue weighted by molar-refractivity contribution is 0.0999. The minimum atomic E-state index is -0.406. The van der Waals surface area contributed by atoms with Gasteiger partial charge >= 0.3 is 0 Å². The molecule has 0 radical (unpaired) electrons. The van der Waals surface area contributed by atoms with Crippen LogP contribution in [0.4, 0.5) is 5.69 Å². The molecule has 0 spiro atoms.